The zero-order valence-electron chi connectivity index (χ0n) is 17.2. The summed E-state index contributed by atoms with van der Waals surface area (Å²) >= 11 is 6.05. The van der Waals surface area contributed by atoms with Crippen LogP contribution < -0.4 is 56.1 Å². The zero-order chi connectivity index (χ0) is 21.6. The quantitative estimate of drug-likeness (QED) is 0.216. The van der Waals surface area contributed by atoms with Gasteiger partial charge < -0.3 is 9.89 Å². The van der Waals surface area contributed by atoms with Crippen molar-refractivity contribution in [3.05, 3.63) is 52.7 Å². The van der Waals surface area contributed by atoms with Crippen LogP contribution in [0.1, 0.15) is 12.6 Å². The molecule has 1 amide bonds. The maximum absolute atomic E-state index is 12.8. The summed E-state index contributed by atoms with van der Waals surface area (Å²) in [5, 5.41) is 0.0141. The van der Waals surface area contributed by atoms with Crippen molar-refractivity contribution in [3.63, 3.8) is 0 Å². The smallest absolute Gasteiger partial charge is 0.392 e. The predicted octanol–water partition coefficient (Wildman–Crippen LogP) is -1.80. The third-order valence-corrected chi connectivity index (χ3v) is 5.68. The van der Waals surface area contributed by atoms with E-state index >= 15 is 0 Å². The van der Waals surface area contributed by atoms with Crippen LogP contribution in [0.2, 0.25) is 0 Å². The van der Waals surface area contributed by atoms with Crippen molar-refractivity contribution in [2.24, 2.45) is 10.9 Å². The molecule has 0 fully saturated rings. The van der Waals surface area contributed by atoms with Gasteiger partial charge >= 0.3 is 51.4 Å². The number of halogens is 2. The minimum Gasteiger partial charge on any atom is -0.392 e. The molecule has 12 heteroatoms. The third-order valence-electron chi connectivity index (χ3n) is 4.01. The fraction of sp³-hybridized carbons (Fsp3) is 0.389. The average molecular weight is 481 g/mol. The van der Waals surface area contributed by atoms with E-state index in [2.05, 4.69) is 27.0 Å². The molecule has 0 aliphatic carbocycles. The van der Waals surface area contributed by atoms with Gasteiger partial charge in [0.15, 0.2) is 0 Å². The predicted molar refractivity (Wildman–Crippen MR) is 108 cm³/mol. The SMILES string of the molecule is C[C@H]1CN(S(=O)(=O)NCC(=O)N(C)C)CC=C1[C-]=C(Cl)N=[C-]c1ccc(F)cn1.[K+]. The molecule has 2 heterocycles. The van der Waals surface area contributed by atoms with Crippen LogP contribution in [-0.2, 0) is 15.0 Å². The molecule has 1 aliphatic rings. The van der Waals surface area contributed by atoms with Crippen LogP contribution in [0.25, 0.3) is 0 Å². The van der Waals surface area contributed by atoms with E-state index < -0.39 is 16.0 Å². The molecular weight excluding hydrogens is 460 g/mol. The minimum absolute atomic E-state index is 0. The number of carbonyl (C=O) groups is 1. The van der Waals surface area contributed by atoms with E-state index in [1.54, 1.807) is 20.2 Å². The van der Waals surface area contributed by atoms with Crippen molar-refractivity contribution in [2.75, 3.05) is 33.7 Å². The molecule has 0 aromatic carbocycles. The Morgan fingerprint density at radius 1 is 1.47 bits per heavy atom. The number of hydrogen-bond donors (Lipinski definition) is 1. The number of likely N-dealkylation sites (N-methyl/N-ethyl adjacent to an activating group) is 1. The van der Waals surface area contributed by atoms with Crippen LogP contribution in [0, 0.1) is 17.8 Å². The molecule has 1 atom stereocenters. The van der Waals surface area contributed by atoms with Crippen molar-refractivity contribution in [1.29, 1.82) is 0 Å². The van der Waals surface area contributed by atoms with Crippen LogP contribution in [0.4, 0.5) is 4.39 Å². The monoisotopic (exact) mass is 480 g/mol. The van der Waals surface area contributed by atoms with Crippen molar-refractivity contribution in [3.8, 4) is 0 Å². The van der Waals surface area contributed by atoms with Gasteiger partial charge in [-0.15, -0.1) is 6.07 Å². The summed E-state index contributed by atoms with van der Waals surface area (Å²) in [6.45, 7) is 1.82. The number of hydrogen-bond acceptors (Lipinski definition) is 5. The van der Waals surface area contributed by atoms with Gasteiger partial charge in [0.1, 0.15) is 5.82 Å². The van der Waals surface area contributed by atoms with E-state index in [4.69, 9.17) is 11.6 Å². The van der Waals surface area contributed by atoms with Crippen LogP contribution >= 0.6 is 11.6 Å². The fourth-order valence-electron chi connectivity index (χ4n) is 2.35. The standard InChI is InChI=1S/C18H21ClFN5O3S.K/c1-13-12-25(29(27,28)23-11-18(26)24(2)3)7-6-14(13)8-17(19)22-10-16-5-4-15(20)9-21-16;/h4-6,9,13,23H,7,11-12H2,1-3H3;/q-2;+1/t13-;/m0./s1. The van der Waals surface area contributed by atoms with Gasteiger partial charge in [0, 0.05) is 20.6 Å². The zero-order valence-corrected chi connectivity index (χ0v) is 21.9. The molecule has 1 aromatic heterocycles. The largest absolute Gasteiger partial charge is 1.00 e. The first-order valence-corrected chi connectivity index (χ1v) is 10.4. The van der Waals surface area contributed by atoms with E-state index in [0.29, 0.717) is 11.3 Å². The van der Waals surface area contributed by atoms with E-state index in [-0.39, 0.29) is 88.0 Å². The minimum atomic E-state index is -3.80. The second-order valence-corrected chi connectivity index (χ2v) is 8.61. The topological polar surface area (TPSA) is 95.0 Å². The summed E-state index contributed by atoms with van der Waals surface area (Å²) in [6.07, 6.45) is 8.20. The van der Waals surface area contributed by atoms with Gasteiger partial charge in [-0.1, -0.05) is 24.4 Å². The molecule has 1 aliphatic heterocycles. The van der Waals surface area contributed by atoms with Gasteiger partial charge in [-0.2, -0.15) is 24.7 Å². The molecule has 0 saturated carbocycles. The van der Waals surface area contributed by atoms with Crippen molar-refractivity contribution >= 4 is 33.9 Å². The number of carbonyl (C=O) groups excluding carboxylic acids is 1. The Balaban J connectivity index is 0.00000450. The number of aromatic nitrogens is 1. The summed E-state index contributed by atoms with van der Waals surface area (Å²) in [5.74, 6) is -1.01. The van der Waals surface area contributed by atoms with Crippen LogP contribution in [-0.4, -0.2) is 68.5 Å². The molecule has 1 N–H and O–H groups in total. The molecule has 0 bridgehead atoms. The van der Waals surface area contributed by atoms with Gasteiger partial charge in [-0.3, -0.25) is 15.9 Å². The molecule has 158 valence electrons. The van der Waals surface area contributed by atoms with Crippen molar-refractivity contribution < 1.29 is 69.0 Å². The van der Waals surface area contributed by atoms with Gasteiger partial charge in [0.2, 0.25) is 5.91 Å². The summed E-state index contributed by atoms with van der Waals surface area (Å²) in [7, 11) is -0.701. The second-order valence-electron chi connectivity index (χ2n) is 6.49. The molecule has 30 heavy (non-hydrogen) atoms. The van der Waals surface area contributed by atoms with E-state index in [1.807, 2.05) is 6.92 Å². The van der Waals surface area contributed by atoms with E-state index in [9.17, 15) is 17.6 Å². The number of pyridine rings is 1. The number of aliphatic imine (C=N–C) groups is 1. The number of allylic oxidation sites excluding steroid dienone is 1. The average Bonchev–Trinajstić information content (AvgIpc) is 2.67. The van der Waals surface area contributed by atoms with Gasteiger partial charge in [-0.25, -0.2) is 20.3 Å². The first-order chi connectivity index (χ1) is 13.6. The van der Waals surface area contributed by atoms with Gasteiger partial charge in [-0.05, 0) is 18.2 Å². The molecule has 2 rings (SSSR count). The Labute approximate surface area is 223 Å². The van der Waals surface area contributed by atoms with Gasteiger partial charge in [0.05, 0.1) is 12.7 Å². The Kier molecular flexibility index (Phi) is 11.5. The summed E-state index contributed by atoms with van der Waals surface area (Å²) in [6, 6.07) is 2.63. The van der Waals surface area contributed by atoms with Crippen LogP contribution in [0.3, 0.4) is 0 Å². The Morgan fingerprint density at radius 2 is 2.17 bits per heavy atom. The summed E-state index contributed by atoms with van der Waals surface area (Å²) in [5.41, 5.74) is 1.01. The Hall–Kier alpha value is -0.504. The van der Waals surface area contributed by atoms with Crippen LogP contribution in [0.5, 0.6) is 0 Å². The molecule has 0 unspecified atom stereocenters. The van der Waals surface area contributed by atoms with E-state index in [1.165, 1.54) is 21.3 Å². The molecule has 0 radical (unpaired) electrons. The van der Waals surface area contributed by atoms with Crippen LogP contribution in [0.15, 0.2) is 40.1 Å². The molecular formula is C18H21ClFKN5O3S-. The maximum Gasteiger partial charge on any atom is 1.00 e. The first kappa shape index (κ1) is 27.5. The Bertz CT molecular complexity index is 936. The maximum atomic E-state index is 12.8. The third kappa shape index (κ3) is 8.56. The van der Waals surface area contributed by atoms with Crippen molar-refractivity contribution in [2.45, 2.75) is 6.92 Å². The first-order valence-electron chi connectivity index (χ1n) is 8.61. The van der Waals surface area contributed by atoms with Crippen molar-refractivity contribution in [1.82, 2.24) is 18.9 Å². The fourth-order valence-corrected chi connectivity index (χ4v) is 3.68. The number of nitrogens with one attached hydrogen (secondary N) is 1. The normalized spacial score (nSPS) is 18.1. The van der Waals surface area contributed by atoms with Gasteiger partial charge in [0.25, 0.3) is 10.2 Å². The summed E-state index contributed by atoms with van der Waals surface area (Å²) < 4.78 is 41.1. The Morgan fingerprint density at radius 3 is 2.73 bits per heavy atom. The summed E-state index contributed by atoms with van der Waals surface area (Å²) in [4.78, 5) is 20.6. The molecule has 1 aromatic rings. The molecule has 0 spiro atoms. The molecule has 8 nitrogen and oxygen atoms in total. The molecule has 0 saturated heterocycles. The number of rotatable bonds is 7. The number of amides is 1. The second kappa shape index (κ2) is 12.5. The number of nitrogens with zero attached hydrogens (tertiary/aromatic N) is 4. The van der Waals surface area contributed by atoms with E-state index in [0.717, 1.165) is 6.20 Å².